The minimum atomic E-state index is -4.15. The first kappa shape index (κ1) is 22.2. The summed E-state index contributed by atoms with van der Waals surface area (Å²) in [6, 6.07) is 0. The molecule has 0 saturated heterocycles. The van der Waals surface area contributed by atoms with Crippen molar-refractivity contribution in [3.05, 3.63) is 0 Å². The van der Waals surface area contributed by atoms with Gasteiger partial charge in [0.2, 0.25) is 0 Å². The van der Waals surface area contributed by atoms with E-state index in [1.54, 1.807) is 0 Å². The summed E-state index contributed by atoms with van der Waals surface area (Å²) in [6.07, 6.45) is 6.43. The minimum Gasteiger partial charge on any atom is -0.748 e. The van der Waals surface area contributed by atoms with Gasteiger partial charge in [-0.15, -0.1) is 0 Å². The quantitative estimate of drug-likeness (QED) is 0.326. The largest absolute Gasteiger partial charge is 1.00 e. The predicted octanol–water partition coefficient (Wildman–Crippen LogP) is -0.184. The van der Waals surface area contributed by atoms with Gasteiger partial charge in [-0.05, 0) is 25.7 Å². The van der Waals surface area contributed by atoms with Crippen LogP contribution < -0.4 is 29.6 Å². The van der Waals surface area contributed by atoms with Crippen LogP contribution >= 0.6 is 0 Å². The van der Waals surface area contributed by atoms with E-state index >= 15 is 0 Å². The van der Waals surface area contributed by atoms with Gasteiger partial charge in [0.25, 0.3) is 0 Å². The molecule has 110 valence electrons. The summed E-state index contributed by atoms with van der Waals surface area (Å²) in [5.74, 6) is 0. The Bertz CT molecular complexity index is 293. The van der Waals surface area contributed by atoms with Crippen molar-refractivity contribution in [2.24, 2.45) is 0 Å². The molecule has 0 saturated carbocycles. The van der Waals surface area contributed by atoms with E-state index in [4.69, 9.17) is 0 Å². The van der Waals surface area contributed by atoms with Crippen molar-refractivity contribution in [1.29, 1.82) is 0 Å². The second-order valence-corrected chi connectivity index (χ2v) is 6.64. The van der Waals surface area contributed by atoms with Crippen LogP contribution in [0.15, 0.2) is 0 Å². The molecule has 2 atom stereocenters. The van der Waals surface area contributed by atoms with E-state index in [2.05, 4.69) is 6.92 Å². The van der Waals surface area contributed by atoms with Gasteiger partial charge in [-0.25, -0.2) is 8.42 Å². The molecular formula is C13H27NaO4S. The van der Waals surface area contributed by atoms with Crippen LogP contribution in [-0.2, 0) is 10.1 Å². The Hall–Kier alpha value is 0.870. The number of aliphatic hydroxyl groups excluding tert-OH is 1. The van der Waals surface area contributed by atoms with Crippen molar-refractivity contribution in [3.63, 3.8) is 0 Å². The first-order valence-corrected chi connectivity index (χ1v) is 8.51. The van der Waals surface area contributed by atoms with Crippen LogP contribution in [0.25, 0.3) is 0 Å². The average molecular weight is 302 g/mol. The predicted molar refractivity (Wildman–Crippen MR) is 72.4 cm³/mol. The van der Waals surface area contributed by atoms with E-state index < -0.39 is 15.4 Å². The van der Waals surface area contributed by atoms with Gasteiger partial charge in [0.15, 0.2) is 0 Å². The van der Waals surface area contributed by atoms with Gasteiger partial charge < -0.3 is 9.66 Å². The van der Waals surface area contributed by atoms with E-state index in [0.29, 0.717) is 32.1 Å². The van der Waals surface area contributed by atoms with E-state index in [0.717, 1.165) is 25.7 Å². The third-order valence-corrected chi connectivity index (χ3v) is 4.51. The van der Waals surface area contributed by atoms with Crippen LogP contribution in [0.1, 0.15) is 71.6 Å². The SMILES string of the molecule is CCCCC(O)CCCCC(CCC)S(=O)(=O)[O-].[Na+]. The van der Waals surface area contributed by atoms with Crippen molar-refractivity contribution in [1.82, 2.24) is 0 Å². The van der Waals surface area contributed by atoms with Gasteiger partial charge in [-0.2, -0.15) is 0 Å². The Morgan fingerprint density at radius 2 is 1.47 bits per heavy atom. The number of hydrogen-bond donors (Lipinski definition) is 1. The topological polar surface area (TPSA) is 77.4 Å². The number of unbranched alkanes of at least 4 members (excludes halogenated alkanes) is 2. The summed E-state index contributed by atoms with van der Waals surface area (Å²) in [7, 11) is -4.15. The monoisotopic (exact) mass is 302 g/mol. The normalized spacial score (nSPS) is 14.7. The summed E-state index contributed by atoms with van der Waals surface area (Å²) in [5.41, 5.74) is 0. The minimum absolute atomic E-state index is 0. The summed E-state index contributed by atoms with van der Waals surface area (Å²) < 4.78 is 33.0. The Morgan fingerprint density at radius 3 is 1.95 bits per heavy atom. The molecule has 0 amide bonds. The van der Waals surface area contributed by atoms with Gasteiger partial charge in [0, 0.05) is 5.25 Å². The summed E-state index contributed by atoms with van der Waals surface area (Å²) in [6.45, 7) is 3.97. The van der Waals surface area contributed by atoms with Gasteiger partial charge in [-0.3, -0.25) is 0 Å². The number of aliphatic hydroxyl groups is 1. The van der Waals surface area contributed by atoms with E-state index in [9.17, 15) is 18.1 Å². The Kier molecular flexibility index (Phi) is 14.7. The van der Waals surface area contributed by atoms with Crippen LogP contribution in [0.4, 0.5) is 0 Å². The van der Waals surface area contributed by atoms with Crippen molar-refractivity contribution in [2.75, 3.05) is 0 Å². The van der Waals surface area contributed by atoms with Crippen LogP contribution in [0.3, 0.4) is 0 Å². The van der Waals surface area contributed by atoms with Crippen LogP contribution in [-0.4, -0.2) is 29.4 Å². The standard InChI is InChI=1S/C13H28O4S.Na/c1-3-5-9-12(14)10-6-7-11-13(8-4-2)18(15,16)17;/h12-14H,3-11H2,1-2H3,(H,15,16,17);/q;+1/p-1. The molecule has 1 N–H and O–H groups in total. The zero-order valence-electron chi connectivity index (χ0n) is 12.6. The molecule has 0 heterocycles. The molecule has 0 aromatic carbocycles. The molecule has 2 unspecified atom stereocenters. The van der Waals surface area contributed by atoms with Gasteiger partial charge >= 0.3 is 29.6 Å². The molecule has 0 aliphatic carbocycles. The molecule has 19 heavy (non-hydrogen) atoms. The Balaban J connectivity index is 0. The first-order chi connectivity index (χ1) is 8.41. The maximum absolute atomic E-state index is 11.0. The molecule has 0 spiro atoms. The van der Waals surface area contributed by atoms with Crippen molar-refractivity contribution in [3.8, 4) is 0 Å². The van der Waals surface area contributed by atoms with Crippen molar-refractivity contribution >= 4 is 10.1 Å². The van der Waals surface area contributed by atoms with Crippen LogP contribution in [0.5, 0.6) is 0 Å². The molecule has 0 aliphatic heterocycles. The fourth-order valence-electron chi connectivity index (χ4n) is 2.09. The summed E-state index contributed by atoms with van der Waals surface area (Å²) in [5, 5.41) is 8.89. The third kappa shape index (κ3) is 12.3. The molecule has 0 aromatic heterocycles. The van der Waals surface area contributed by atoms with E-state index in [-0.39, 0.29) is 35.7 Å². The zero-order chi connectivity index (χ0) is 14.0. The second-order valence-electron chi connectivity index (χ2n) is 4.98. The fourth-order valence-corrected chi connectivity index (χ4v) is 3.07. The average Bonchev–Trinajstić information content (AvgIpc) is 2.29. The van der Waals surface area contributed by atoms with Gasteiger partial charge in [0.05, 0.1) is 16.2 Å². The van der Waals surface area contributed by atoms with E-state index in [1.165, 1.54) is 0 Å². The Morgan fingerprint density at radius 1 is 0.947 bits per heavy atom. The number of hydrogen-bond acceptors (Lipinski definition) is 4. The molecule has 0 bridgehead atoms. The third-order valence-electron chi connectivity index (χ3n) is 3.22. The molecule has 0 rings (SSSR count). The van der Waals surface area contributed by atoms with Crippen molar-refractivity contribution in [2.45, 2.75) is 83.0 Å². The second kappa shape index (κ2) is 12.6. The molecule has 6 heteroatoms. The van der Waals surface area contributed by atoms with Crippen molar-refractivity contribution < 1.29 is 47.6 Å². The smallest absolute Gasteiger partial charge is 0.748 e. The molecule has 0 aliphatic rings. The van der Waals surface area contributed by atoms with E-state index in [1.807, 2.05) is 6.92 Å². The first-order valence-electron chi connectivity index (χ1n) is 7.04. The summed E-state index contributed by atoms with van der Waals surface area (Å²) in [4.78, 5) is 0. The fraction of sp³-hybridized carbons (Fsp3) is 1.00. The van der Waals surface area contributed by atoms with Gasteiger partial charge in [-0.1, -0.05) is 46.0 Å². The molecule has 0 fully saturated rings. The number of rotatable bonds is 11. The molecule has 0 radical (unpaired) electrons. The molecular weight excluding hydrogens is 275 g/mol. The Labute approximate surface area is 140 Å². The molecule has 0 aromatic rings. The molecule has 4 nitrogen and oxygen atoms in total. The van der Waals surface area contributed by atoms with Crippen LogP contribution in [0.2, 0.25) is 0 Å². The maximum atomic E-state index is 11.0. The van der Waals surface area contributed by atoms with Gasteiger partial charge in [0.1, 0.15) is 0 Å². The summed E-state index contributed by atoms with van der Waals surface area (Å²) >= 11 is 0. The van der Waals surface area contributed by atoms with Crippen LogP contribution in [0, 0.1) is 0 Å². The zero-order valence-corrected chi connectivity index (χ0v) is 15.4. The maximum Gasteiger partial charge on any atom is 1.00 e.